The lowest BCUT2D eigenvalue weighted by Gasteiger charge is -2.31. The molecule has 0 unspecified atom stereocenters. The summed E-state index contributed by atoms with van der Waals surface area (Å²) in [6.45, 7) is 4.09. The van der Waals surface area contributed by atoms with Crippen LogP contribution in [0.25, 0.3) is 0 Å². The lowest BCUT2D eigenvalue weighted by molar-refractivity contribution is -0.134. The Labute approximate surface area is 203 Å². The summed E-state index contributed by atoms with van der Waals surface area (Å²) in [6.07, 6.45) is 0.428. The molecule has 8 nitrogen and oxygen atoms in total. The maximum Gasteiger partial charge on any atom is 0.322 e. The number of carbonyl (C=O) groups is 3. The molecule has 0 spiro atoms. The molecule has 184 valence electrons. The van der Waals surface area contributed by atoms with Crippen LogP contribution in [0.1, 0.15) is 31.9 Å². The van der Waals surface area contributed by atoms with Gasteiger partial charge in [0, 0.05) is 12.7 Å². The van der Waals surface area contributed by atoms with Gasteiger partial charge in [-0.2, -0.15) is 0 Å². The standard InChI is InChI=1S/C26H29FN4O4/c1-15(2)13-20(24(32)28-18-9-7-17(27)8-10-18)31-14-21-22(25(31)33)23(29-26(34)30(21)3)16-5-11-19(35-4)12-6-16/h5-12,15,20,23H,13-14H2,1-4H3,(H,28,32)(H,29,34)/t20-,23+/m0/s1. The normalized spacial score (nSPS) is 18.5. The molecule has 9 heteroatoms. The summed E-state index contributed by atoms with van der Waals surface area (Å²) < 4.78 is 18.5. The summed E-state index contributed by atoms with van der Waals surface area (Å²) in [5.74, 6) is -0.276. The number of likely N-dealkylation sites (N-methyl/N-ethyl adjacent to an activating group) is 1. The first kappa shape index (κ1) is 24.3. The van der Waals surface area contributed by atoms with E-state index in [1.807, 2.05) is 26.0 Å². The van der Waals surface area contributed by atoms with E-state index < -0.39 is 17.9 Å². The van der Waals surface area contributed by atoms with Crippen LogP contribution in [0.3, 0.4) is 0 Å². The second kappa shape index (κ2) is 9.77. The van der Waals surface area contributed by atoms with Gasteiger partial charge in [0.1, 0.15) is 17.6 Å². The van der Waals surface area contributed by atoms with Crippen molar-refractivity contribution in [3.8, 4) is 5.75 Å². The third kappa shape index (κ3) is 4.84. The van der Waals surface area contributed by atoms with Gasteiger partial charge in [0.05, 0.1) is 31.0 Å². The first-order chi connectivity index (χ1) is 16.7. The van der Waals surface area contributed by atoms with E-state index in [1.54, 1.807) is 26.3 Å². The van der Waals surface area contributed by atoms with Crippen molar-refractivity contribution in [2.75, 3.05) is 26.0 Å². The number of nitrogens with zero attached hydrogens (tertiary/aromatic N) is 2. The summed E-state index contributed by atoms with van der Waals surface area (Å²) in [5.41, 5.74) is 2.20. The van der Waals surface area contributed by atoms with Crippen LogP contribution in [0.15, 0.2) is 59.8 Å². The lowest BCUT2D eigenvalue weighted by atomic mass is 9.95. The number of hydrogen-bond acceptors (Lipinski definition) is 4. The Kier molecular flexibility index (Phi) is 6.77. The van der Waals surface area contributed by atoms with Crippen LogP contribution >= 0.6 is 0 Å². The molecule has 2 aliphatic rings. The number of ether oxygens (including phenoxy) is 1. The van der Waals surface area contributed by atoms with E-state index in [0.717, 1.165) is 5.56 Å². The fourth-order valence-electron chi connectivity index (χ4n) is 4.47. The van der Waals surface area contributed by atoms with Crippen LogP contribution in [-0.2, 0) is 9.59 Å². The number of methoxy groups -OCH3 is 1. The number of urea groups is 1. The van der Waals surface area contributed by atoms with E-state index in [2.05, 4.69) is 10.6 Å². The van der Waals surface area contributed by atoms with E-state index in [9.17, 15) is 18.8 Å². The summed E-state index contributed by atoms with van der Waals surface area (Å²) in [7, 11) is 3.18. The minimum Gasteiger partial charge on any atom is -0.497 e. The molecular weight excluding hydrogens is 451 g/mol. The fourth-order valence-corrected chi connectivity index (χ4v) is 4.47. The number of amides is 4. The van der Waals surface area contributed by atoms with E-state index in [4.69, 9.17) is 4.74 Å². The Morgan fingerprint density at radius 3 is 2.40 bits per heavy atom. The van der Waals surface area contributed by atoms with Gasteiger partial charge in [0.25, 0.3) is 5.91 Å². The number of halogens is 1. The Morgan fingerprint density at radius 1 is 1.14 bits per heavy atom. The zero-order valence-corrected chi connectivity index (χ0v) is 20.2. The van der Waals surface area contributed by atoms with Gasteiger partial charge in [-0.05, 0) is 54.3 Å². The molecule has 0 aromatic heterocycles. The highest BCUT2D eigenvalue weighted by molar-refractivity contribution is 6.05. The zero-order valence-electron chi connectivity index (χ0n) is 20.2. The van der Waals surface area contributed by atoms with Gasteiger partial charge in [0.2, 0.25) is 5.91 Å². The fraction of sp³-hybridized carbons (Fsp3) is 0.346. The highest BCUT2D eigenvalue weighted by atomic mass is 19.1. The molecule has 4 amide bonds. The van der Waals surface area contributed by atoms with E-state index in [0.29, 0.717) is 29.1 Å². The molecule has 2 aromatic rings. The predicted octanol–water partition coefficient (Wildman–Crippen LogP) is 3.68. The summed E-state index contributed by atoms with van der Waals surface area (Å²) in [4.78, 5) is 42.7. The smallest absolute Gasteiger partial charge is 0.322 e. The van der Waals surface area contributed by atoms with E-state index in [1.165, 1.54) is 34.1 Å². The molecule has 0 aliphatic carbocycles. The molecule has 0 saturated heterocycles. The van der Waals surface area contributed by atoms with E-state index >= 15 is 0 Å². The topological polar surface area (TPSA) is 91.0 Å². The Hall–Kier alpha value is -3.88. The van der Waals surface area contributed by atoms with Gasteiger partial charge in [-0.3, -0.25) is 14.5 Å². The van der Waals surface area contributed by atoms with Crippen molar-refractivity contribution in [1.29, 1.82) is 0 Å². The highest BCUT2D eigenvalue weighted by Gasteiger charge is 2.46. The number of rotatable bonds is 7. The van der Waals surface area contributed by atoms with Gasteiger partial charge in [-0.1, -0.05) is 26.0 Å². The Bertz CT molecular complexity index is 1160. The van der Waals surface area contributed by atoms with Crippen molar-refractivity contribution in [2.45, 2.75) is 32.4 Å². The molecular formula is C26H29FN4O4. The molecule has 35 heavy (non-hydrogen) atoms. The van der Waals surface area contributed by atoms with Crippen molar-refractivity contribution in [3.05, 3.63) is 71.2 Å². The van der Waals surface area contributed by atoms with Gasteiger partial charge in [-0.25, -0.2) is 9.18 Å². The van der Waals surface area contributed by atoms with Crippen LogP contribution in [0.2, 0.25) is 0 Å². The molecule has 0 fully saturated rings. The van der Waals surface area contributed by atoms with Crippen molar-refractivity contribution in [3.63, 3.8) is 0 Å². The van der Waals surface area contributed by atoms with Crippen molar-refractivity contribution < 1.29 is 23.5 Å². The third-order valence-corrected chi connectivity index (χ3v) is 6.32. The molecule has 2 N–H and O–H groups in total. The molecule has 4 rings (SSSR count). The second-order valence-corrected chi connectivity index (χ2v) is 9.15. The SMILES string of the molecule is COc1ccc([C@H]2NC(=O)N(C)C3=C2C(=O)N([C@@H](CC(C)C)C(=O)Nc2ccc(F)cc2)C3)cc1. The molecule has 0 radical (unpaired) electrons. The summed E-state index contributed by atoms with van der Waals surface area (Å²) in [5, 5.41) is 5.70. The minimum atomic E-state index is -0.766. The van der Waals surface area contributed by atoms with Crippen molar-refractivity contribution >= 4 is 23.5 Å². The van der Waals surface area contributed by atoms with Gasteiger partial charge in [0.15, 0.2) is 0 Å². The first-order valence-electron chi connectivity index (χ1n) is 11.5. The summed E-state index contributed by atoms with van der Waals surface area (Å²) >= 11 is 0. The van der Waals surface area contributed by atoms with Crippen molar-refractivity contribution in [1.82, 2.24) is 15.1 Å². The van der Waals surface area contributed by atoms with Crippen LogP contribution in [-0.4, -0.2) is 54.4 Å². The molecule has 2 aromatic carbocycles. The Morgan fingerprint density at radius 2 is 1.80 bits per heavy atom. The number of carbonyl (C=O) groups excluding carboxylic acids is 3. The molecule has 2 atom stereocenters. The van der Waals surface area contributed by atoms with Crippen LogP contribution in [0.5, 0.6) is 5.75 Å². The lowest BCUT2D eigenvalue weighted by Crippen LogP contribution is -2.47. The monoisotopic (exact) mass is 480 g/mol. The first-order valence-corrected chi connectivity index (χ1v) is 11.5. The number of nitrogens with one attached hydrogen (secondary N) is 2. The third-order valence-electron chi connectivity index (χ3n) is 6.32. The quantitative estimate of drug-likeness (QED) is 0.633. The van der Waals surface area contributed by atoms with Gasteiger partial charge < -0.3 is 20.3 Å². The number of benzene rings is 2. The molecule has 0 saturated carbocycles. The molecule has 2 aliphatic heterocycles. The largest absolute Gasteiger partial charge is 0.497 e. The average molecular weight is 481 g/mol. The average Bonchev–Trinajstić information content (AvgIpc) is 3.18. The maximum absolute atomic E-state index is 13.8. The van der Waals surface area contributed by atoms with Crippen LogP contribution in [0.4, 0.5) is 14.9 Å². The summed E-state index contributed by atoms with van der Waals surface area (Å²) in [6, 6.07) is 10.9. The Balaban J connectivity index is 1.64. The number of hydrogen-bond donors (Lipinski definition) is 2. The van der Waals surface area contributed by atoms with Crippen molar-refractivity contribution in [2.24, 2.45) is 5.92 Å². The van der Waals surface area contributed by atoms with E-state index in [-0.39, 0.29) is 30.3 Å². The number of anilines is 1. The van der Waals surface area contributed by atoms with Gasteiger partial charge in [-0.15, -0.1) is 0 Å². The second-order valence-electron chi connectivity index (χ2n) is 9.15. The predicted molar refractivity (Wildman–Crippen MR) is 129 cm³/mol. The maximum atomic E-state index is 13.8. The van der Waals surface area contributed by atoms with Crippen LogP contribution in [0, 0.1) is 11.7 Å². The minimum absolute atomic E-state index is 0.124. The zero-order chi connectivity index (χ0) is 25.3. The van der Waals surface area contributed by atoms with Crippen LogP contribution < -0.4 is 15.4 Å². The van der Waals surface area contributed by atoms with Gasteiger partial charge >= 0.3 is 6.03 Å². The molecule has 2 heterocycles. The highest BCUT2D eigenvalue weighted by Crippen LogP contribution is 2.37. The molecule has 0 bridgehead atoms.